The minimum atomic E-state index is -0.327. The van der Waals surface area contributed by atoms with Crippen LogP contribution in [-0.4, -0.2) is 16.1 Å². The van der Waals surface area contributed by atoms with Gasteiger partial charge in [-0.05, 0) is 55.3 Å². The molecule has 0 aliphatic heterocycles. The predicted molar refractivity (Wildman–Crippen MR) is 92.6 cm³/mol. The van der Waals surface area contributed by atoms with E-state index in [1.165, 1.54) is 12.1 Å². The second-order valence-electron chi connectivity index (χ2n) is 5.87. The van der Waals surface area contributed by atoms with Crippen LogP contribution in [-0.2, 0) is 11.2 Å². The zero-order valence-electron chi connectivity index (χ0n) is 14.0. The number of rotatable bonds is 5. The number of hydrogen-bond acceptors (Lipinski definition) is 4. The first-order valence-electron chi connectivity index (χ1n) is 7.97. The molecule has 25 heavy (non-hydrogen) atoms. The van der Waals surface area contributed by atoms with E-state index in [1.807, 2.05) is 32.0 Å². The van der Waals surface area contributed by atoms with Gasteiger partial charge in [-0.3, -0.25) is 4.79 Å². The number of aromatic nitrogens is 2. The van der Waals surface area contributed by atoms with Gasteiger partial charge in [0.25, 0.3) is 0 Å². The van der Waals surface area contributed by atoms with E-state index in [9.17, 15) is 9.18 Å². The van der Waals surface area contributed by atoms with Gasteiger partial charge in [0.2, 0.25) is 17.7 Å². The molecular formula is C19H18FN3O2. The molecule has 0 bridgehead atoms. The zero-order chi connectivity index (χ0) is 17.8. The summed E-state index contributed by atoms with van der Waals surface area (Å²) < 4.78 is 18.5. The number of nitrogens with one attached hydrogen (secondary N) is 1. The van der Waals surface area contributed by atoms with Gasteiger partial charge in [-0.15, -0.1) is 10.2 Å². The number of hydrogen-bond donors (Lipinski definition) is 1. The first kappa shape index (κ1) is 16.8. The van der Waals surface area contributed by atoms with Crippen molar-refractivity contribution in [2.45, 2.75) is 26.7 Å². The van der Waals surface area contributed by atoms with Crippen molar-refractivity contribution < 1.29 is 13.6 Å². The first-order valence-corrected chi connectivity index (χ1v) is 7.97. The largest absolute Gasteiger partial charge is 0.421 e. The lowest BCUT2D eigenvalue weighted by atomic mass is 10.1. The Labute approximate surface area is 144 Å². The van der Waals surface area contributed by atoms with Crippen LogP contribution in [0.1, 0.15) is 23.4 Å². The molecule has 1 aromatic heterocycles. The van der Waals surface area contributed by atoms with Crippen LogP contribution in [0.2, 0.25) is 0 Å². The molecule has 1 N–H and O–H groups in total. The summed E-state index contributed by atoms with van der Waals surface area (Å²) >= 11 is 0. The Bertz CT molecular complexity index is 888. The Morgan fingerprint density at radius 1 is 1.12 bits per heavy atom. The smallest absolute Gasteiger partial charge is 0.247 e. The van der Waals surface area contributed by atoms with Crippen LogP contribution in [0.4, 0.5) is 10.1 Å². The van der Waals surface area contributed by atoms with Crippen LogP contribution < -0.4 is 5.32 Å². The van der Waals surface area contributed by atoms with E-state index >= 15 is 0 Å². The van der Waals surface area contributed by atoms with Crippen molar-refractivity contribution in [2.75, 3.05) is 5.32 Å². The Morgan fingerprint density at radius 3 is 2.64 bits per heavy atom. The number of carbonyl (C=O) groups excluding carboxylic acids is 1. The third-order valence-corrected chi connectivity index (χ3v) is 3.79. The van der Waals surface area contributed by atoms with Gasteiger partial charge in [-0.25, -0.2) is 4.39 Å². The van der Waals surface area contributed by atoms with Gasteiger partial charge in [0, 0.05) is 24.1 Å². The minimum Gasteiger partial charge on any atom is -0.421 e. The summed E-state index contributed by atoms with van der Waals surface area (Å²) in [5, 5.41) is 10.8. The fourth-order valence-corrected chi connectivity index (χ4v) is 2.37. The molecule has 0 fully saturated rings. The average molecular weight is 339 g/mol. The van der Waals surface area contributed by atoms with Gasteiger partial charge in [0.15, 0.2) is 0 Å². The van der Waals surface area contributed by atoms with E-state index in [1.54, 1.807) is 12.1 Å². The summed E-state index contributed by atoms with van der Waals surface area (Å²) in [7, 11) is 0. The van der Waals surface area contributed by atoms with Gasteiger partial charge in [0.05, 0.1) is 0 Å². The van der Waals surface area contributed by atoms with E-state index in [-0.39, 0.29) is 18.1 Å². The molecule has 5 nitrogen and oxygen atoms in total. The number of benzene rings is 2. The highest BCUT2D eigenvalue weighted by atomic mass is 19.1. The fraction of sp³-hybridized carbons (Fsp3) is 0.211. The van der Waals surface area contributed by atoms with Crippen LogP contribution in [0.25, 0.3) is 11.5 Å². The molecule has 0 radical (unpaired) electrons. The average Bonchev–Trinajstić information content (AvgIpc) is 3.06. The number of aryl methyl sites for hydroxylation is 3. The molecule has 1 amide bonds. The molecular weight excluding hydrogens is 321 g/mol. The monoisotopic (exact) mass is 339 g/mol. The number of anilines is 1. The van der Waals surface area contributed by atoms with E-state index in [0.29, 0.717) is 23.8 Å². The molecule has 2 aromatic carbocycles. The standard InChI is InChI=1S/C19H18FN3O2/c1-12-3-4-13(2)16(11-12)21-17(24)9-10-18-22-23-19(25-18)14-5-7-15(20)8-6-14/h3-8,11H,9-10H2,1-2H3,(H,21,24). The van der Waals surface area contributed by atoms with Crippen molar-refractivity contribution in [1.82, 2.24) is 10.2 Å². The molecule has 0 saturated carbocycles. The second-order valence-corrected chi connectivity index (χ2v) is 5.87. The Hall–Kier alpha value is -3.02. The maximum absolute atomic E-state index is 12.9. The number of nitrogens with zero attached hydrogens (tertiary/aromatic N) is 2. The highest BCUT2D eigenvalue weighted by Gasteiger charge is 2.11. The SMILES string of the molecule is Cc1ccc(C)c(NC(=O)CCc2nnc(-c3ccc(F)cc3)o2)c1. The van der Waals surface area contributed by atoms with Crippen molar-refractivity contribution >= 4 is 11.6 Å². The number of amides is 1. The summed E-state index contributed by atoms with van der Waals surface area (Å²) in [5.74, 6) is 0.238. The third-order valence-electron chi connectivity index (χ3n) is 3.79. The summed E-state index contributed by atoms with van der Waals surface area (Å²) in [6.07, 6.45) is 0.573. The maximum Gasteiger partial charge on any atom is 0.247 e. The molecule has 0 spiro atoms. The van der Waals surface area contributed by atoms with Gasteiger partial charge >= 0.3 is 0 Å². The Morgan fingerprint density at radius 2 is 1.88 bits per heavy atom. The lowest BCUT2D eigenvalue weighted by molar-refractivity contribution is -0.116. The Kier molecular flexibility index (Phi) is 4.88. The lowest BCUT2D eigenvalue weighted by Gasteiger charge is -2.08. The van der Waals surface area contributed by atoms with E-state index in [4.69, 9.17) is 4.42 Å². The van der Waals surface area contributed by atoms with Crippen LogP contribution in [0, 0.1) is 19.7 Å². The van der Waals surface area contributed by atoms with Crippen molar-refractivity contribution in [1.29, 1.82) is 0 Å². The molecule has 1 heterocycles. The van der Waals surface area contributed by atoms with E-state index in [2.05, 4.69) is 15.5 Å². The van der Waals surface area contributed by atoms with Crippen LogP contribution in [0.3, 0.4) is 0 Å². The molecule has 6 heteroatoms. The summed E-state index contributed by atoms with van der Waals surface area (Å²) in [6.45, 7) is 3.92. The maximum atomic E-state index is 12.9. The van der Waals surface area contributed by atoms with Gasteiger partial charge < -0.3 is 9.73 Å². The van der Waals surface area contributed by atoms with Crippen molar-refractivity contribution in [3.05, 3.63) is 65.3 Å². The minimum absolute atomic E-state index is 0.116. The topological polar surface area (TPSA) is 68.0 Å². The third kappa shape index (κ3) is 4.29. The lowest BCUT2D eigenvalue weighted by Crippen LogP contribution is -2.13. The first-order chi connectivity index (χ1) is 12.0. The highest BCUT2D eigenvalue weighted by Crippen LogP contribution is 2.19. The quantitative estimate of drug-likeness (QED) is 0.761. The van der Waals surface area contributed by atoms with Crippen LogP contribution in [0.5, 0.6) is 0 Å². The van der Waals surface area contributed by atoms with Crippen molar-refractivity contribution in [2.24, 2.45) is 0 Å². The van der Waals surface area contributed by atoms with E-state index in [0.717, 1.165) is 16.8 Å². The van der Waals surface area contributed by atoms with Crippen LogP contribution in [0.15, 0.2) is 46.9 Å². The molecule has 0 aliphatic carbocycles. The predicted octanol–water partition coefficient (Wildman–Crippen LogP) is 4.06. The van der Waals surface area contributed by atoms with Gasteiger partial charge in [-0.1, -0.05) is 12.1 Å². The van der Waals surface area contributed by atoms with Gasteiger partial charge in [0.1, 0.15) is 5.82 Å². The van der Waals surface area contributed by atoms with Crippen molar-refractivity contribution in [3.63, 3.8) is 0 Å². The molecule has 128 valence electrons. The van der Waals surface area contributed by atoms with E-state index < -0.39 is 0 Å². The molecule has 0 atom stereocenters. The van der Waals surface area contributed by atoms with Gasteiger partial charge in [-0.2, -0.15) is 0 Å². The molecule has 0 saturated heterocycles. The fourth-order valence-electron chi connectivity index (χ4n) is 2.37. The Balaban J connectivity index is 1.59. The van der Waals surface area contributed by atoms with Crippen LogP contribution >= 0.6 is 0 Å². The second kappa shape index (κ2) is 7.25. The molecule has 3 aromatic rings. The summed E-state index contributed by atoms with van der Waals surface area (Å²) in [4.78, 5) is 12.1. The molecule has 3 rings (SSSR count). The molecule has 0 unspecified atom stereocenters. The number of halogens is 1. The highest BCUT2D eigenvalue weighted by molar-refractivity contribution is 5.91. The summed E-state index contributed by atoms with van der Waals surface area (Å²) in [5.41, 5.74) is 3.54. The number of carbonyl (C=O) groups is 1. The normalized spacial score (nSPS) is 10.7. The van der Waals surface area contributed by atoms with Crippen molar-refractivity contribution in [3.8, 4) is 11.5 Å². The summed E-state index contributed by atoms with van der Waals surface area (Å²) in [6, 6.07) is 11.7. The zero-order valence-corrected chi connectivity index (χ0v) is 14.0. The molecule has 0 aliphatic rings.